The van der Waals surface area contributed by atoms with Gasteiger partial charge in [0.05, 0.1) is 23.1 Å². The van der Waals surface area contributed by atoms with Crippen molar-refractivity contribution in [2.45, 2.75) is 82.7 Å². The number of phenolic OH excluding ortho intramolecular Hbond substituents is 1. The molecule has 2 aromatic carbocycles. The fourth-order valence-corrected chi connectivity index (χ4v) is 7.02. The van der Waals surface area contributed by atoms with Crippen LogP contribution in [0.3, 0.4) is 0 Å². The summed E-state index contributed by atoms with van der Waals surface area (Å²) in [6.45, 7) is 1.25. The van der Waals surface area contributed by atoms with Gasteiger partial charge in [0.25, 0.3) is 0 Å². The number of aryl methyl sites for hydroxylation is 1. The number of aromatic hydroxyl groups is 1. The number of hydrogen-bond donors (Lipinski definition) is 1. The second kappa shape index (κ2) is 15.8. The minimum atomic E-state index is -5.67. The summed E-state index contributed by atoms with van der Waals surface area (Å²) in [5, 5.41) is 19.3. The summed E-state index contributed by atoms with van der Waals surface area (Å²) >= 11 is 0. The average molecular weight is 641 g/mol. The summed E-state index contributed by atoms with van der Waals surface area (Å²) in [5.41, 5.74) is 6.61. The Hall–Kier alpha value is -2.97. The minimum Gasteiger partial charge on any atom is -0.508 e. The van der Waals surface area contributed by atoms with Crippen LogP contribution >= 0.6 is 0 Å². The smallest absolute Gasteiger partial charge is 0.453 e. The van der Waals surface area contributed by atoms with Gasteiger partial charge in [-0.15, -0.1) is 0 Å². The topological polar surface area (TPSA) is 81.4 Å². The number of alkyl halides is 5. The third-order valence-electron chi connectivity index (χ3n) is 8.09. The maximum atomic E-state index is 13.0. The SMILES string of the molecule is CN(CCCCCCC1=C(c2ccc(C#N)cc2)CCCc2cc(O)ccc21)CCCS(=O)(=O)CCCC(F)(F)C(F)(F)F. The molecule has 0 fully saturated rings. The van der Waals surface area contributed by atoms with Crippen LogP contribution in [-0.2, 0) is 16.3 Å². The summed E-state index contributed by atoms with van der Waals surface area (Å²) in [4.78, 5) is 2.01. The van der Waals surface area contributed by atoms with Gasteiger partial charge in [0, 0.05) is 6.42 Å². The molecule has 44 heavy (non-hydrogen) atoms. The van der Waals surface area contributed by atoms with Crippen molar-refractivity contribution in [3.05, 3.63) is 64.7 Å². The number of allylic oxidation sites excluding steroid dienone is 2. The Morgan fingerprint density at radius 3 is 2.23 bits per heavy atom. The first kappa shape index (κ1) is 35.5. The predicted molar refractivity (Wildman–Crippen MR) is 163 cm³/mol. The van der Waals surface area contributed by atoms with Crippen LogP contribution in [-0.4, -0.2) is 62.2 Å². The molecule has 0 bridgehead atoms. The minimum absolute atomic E-state index is 0.245. The lowest BCUT2D eigenvalue weighted by Gasteiger charge is -2.19. The number of nitrogens with zero attached hydrogens (tertiary/aromatic N) is 2. The first-order chi connectivity index (χ1) is 20.7. The van der Waals surface area contributed by atoms with E-state index in [0.717, 1.165) is 69.0 Å². The number of nitriles is 1. The van der Waals surface area contributed by atoms with E-state index in [2.05, 4.69) is 6.07 Å². The number of rotatable bonds is 16. The van der Waals surface area contributed by atoms with E-state index in [1.165, 1.54) is 16.7 Å². The highest BCUT2D eigenvalue weighted by Gasteiger charge is 2.56. The van der Waals surface area contributed by atoms with E-state index in [4.69, 9.17) is 0 Å². The van der Waals surface area contributed by atoms with E-state index in [-0.39, 0.29) is 17.9 Å². The van der Waals surface area contributed by atoms with Gasteiger partial charge in [0.1, 0.15) is 15.6 Å². The number of hydrogen-bond acceptors (Lipinski definition) is 5. The molecule has 0 unspecified atom stereocenters. The molecule has 1 aliphatic carbocycles. The van der Waals surface area contributed by atoms with Crippen molar-refractivity contribution >= 4 is 21.0 Å². The average Bonchev–Trinajstić information content (AvgIpc) is 3.12. The van der Waals surface area contributed by atoms with Gasteiger partial charge < -0.3 is 10.0 Å². The zero-order valence-corrected chi connectivity index (χ0v) is 25.9. The normalized spacial score (nSPS) is 14.4. The maximum Gasteiger partial charge on any atom is 0.453 e. The molecule has 11 heteroatoms. The quantitative estimate of drug-likeness (QED) is 0.148. The molecule has 0 saturated heterocycles. The van der Waals surface area contributed by atoms with Crippen molar-refractivity contribution in [1.29, 1.82) is 5.26 Å². The van der Waals surface area contributed by atoms with Gasteiger partial charge in [-0.05, 0) is 124 Å². The molecule has 0 spiro atoms. The summed E-state index contributed by atoms with van der Waals surface area (Å²) in [6, 6.07) is 15.5. The Balaban J connectivity index is 1.45. The Bertz CT molecular complexity index is 1410. The van der Waals surface area contributed by atoms with Crippen molar-refractivity contribution < 1.29 is 35.5 Å². The number of sulfone groups is 1. The number of fused-ring (bicyclic) bond motifs is 1. The van der Waals surface area contributed by atoms with Crippen molar-refractivity contribution in [3.8, 4) is 11.8 Å². The van der Waals surface area contributed by atoms with E-state index >= 15 is 0 Å². The van der Waals surface area contributed by atoms with Gasteiger partial charge in [-0.25, -0.2) is 8.42 Å². The number of unbranched alkanes of at least 4 members (excludes halogenated alkanes) is 3. The molecule has 0 radical (unpaired) electrons. The van der Waals surface area contributed by atoms with Crippen LogP contribution < -0.4 is 0 Å². The molecule has 0 amide bonds. The Morgan fingerprint density at radius 2 is 1.55 bits per heavy atom. The first-order valence-electron chi connectivity index (χ1n) is 15.1. The van der Waals surface area contributed by atoms with Crippen LogP contribution in [0.1, 0.15) is 86.5 Å². The fraction of sp³-hybridized carbons (Fsp3) is 0.545. The highest BCUT2D eigenvalue weighted by molar-refractivity contribution is 7.91. The number of halogens is 5. The highest BCUT2D eigenvalue weighted by atomic mass is 32.2. The van der Waals surface area contributed by atoms with Gasteiger partial charge in [-0.1, -0.05) is 31.0 Å². The van der Waals surface area contributed by atoms with Crippen LogP contribution in [0.15, 0.2) is 42.5 Å². The number of benzene rings is 2. The standard InChI is InChI=1S/C33H41F5N2O3S/c1-40(20-8-22-44(42,43)21-7-18-32(34,35)33(36,37)38)19-5-3-2-4-10-31-29(26-14-12-25(24-39)13-15-26)11-6-9-27-23-28(41)16-17-30(27)31/h12-17,23,41H,2-11,18-22H2,1H3. The lowest BCUT2D eigenvalue weighted by Crippen LogP contribution is -2.36. The Kier molecular flexibility index (Phi) is 12.8. The van der Waals surface area contributed by atoms with Crippen LogP contribution in [0.4, 0.5) is 22.0 Å². The molecule has 0 atom stereocenters. The zero-order valence-electron chi connectivity index (χ0n) is 25.1. The van der Waals surface area contributed by atoms with Gasteiger partial charge in [-0.3, -0.25) is 0 Å². The van der Waals surface area contributed by atoms with Gasteiger partial charge >= 0.3 is 12.1 Å². The second-order valence-electron chi connectivity index (χ2n) is 11.6. The van der Waals surface area contributed by atoms with Crippen LogP contribution in [0.5, 0.6) is 5.75 Å². The van der Waals surface area contributed by atoms with E-state index in [1.54, 1.807) is 6.07 Å². The maximum absolute atomic E-state index is 13.0. The molecule has 0 heterocycles. The summed E-state index contributed by atoms with van der Waals surface area (Å²) in [5.74, 6) is -5.54. The molecule has 1 N–H and O–H groups in total. The van der Waals surface area contributed by atoms with E-state index < -0.39 is 40.5 Å². The predicted octanol–water partition coefficient (Wildman–Crippen LogP) is 8.18. The van der Waals surface area contributed by atoms with E-state index in [1.807, 2.05) is 48.3 Å². The Labute approximate surface area is 257 Å². The molecule has 0 aromatic heterocycles. The number of phenols is 1. The molecular formula is C33H41F5N2O3S. The van der Waals surface area contributed by atoms with E-state index in [0.29, 0.717) is 12.1 Å². The lowest BCUT2D eigenvalue weighted by atomic mass is 9.88. The van der Waals surface area contributed by atoms with Crippen LogP contribution in [0, 0.1) is 11.3 Å². The second-order valence-corrected chi connectivity index (χ2v) is 13.9. The fourth-order valence-electron chi connectivity index (χ4n) is 5.66. The summed E-state index contributed by atoms with van der Waals surface area (Å²) in [6.07, 6.45) is -0.108. The van der Waals surface area contributed by atoms with E-state index in [9.17, 15) is 40.7 Å². The molecule has 1 aliphatic rings. The molecule has 2 aromatic rings. The highest BCUT2D eigenvalue weighted by Crippen LogP contribution is 2.40. The Morgan fingerprint density at radius 1 is 0.886 bits per heavy atom. The molecule has 5 nitrogen and oxygen atoms in total. The van der Waals surface area contributed by atoms with Gasteiger partial charge in [0.2, 0.25) is 0 Å². The molecule has 0 saturated carbocycles. The molecule has 0 aliphatic heterocycles. The monoisotopic (exact) mass is 640 g/mol. The van der Waals surface area contributed by atoms with Crippen molar-refractivity contribution in [3.63, 3.8) is 0 Å². The molecule has 3 rings (SSSR count). The van der Waals surface area contributed by atoms with Crippen LogP contribution in [0.2, 0.25) is 0 Å². The third-order valence-corrected chi connectivity index (χ3v) is 9.91. The zero-order chi connectivity index (χ0) is 32.4. The first-order valence-corrected chi connectivity index (χ1v) is 16.9. The van der Waals surface area contributed by atoms with Crippen LogP contribution in [0.25, 0.3) is 11.1 Å². The summed E-state index contributed by atoms with van der Waals surface area (Å²) in [7, 11) is -1.82. The van der Waals surface area contributed by atoms with Crippen molar-refractivity contribution in [1.82, 2.24) is 4.90 Å². The largest absolute Gasteiger partial charge is 0.508 e. The van der Waals surface area contributed by atoms with Crippen molar-refractivity contribution in [2.24, 2.45) is 0 Å². The molecule has 242 valence electrons. The van der Waals surface area contributed by atoms with Gasteiger partial charge in [0.15, 0.2) is 0 Å². The lowest BCUT2D eigenvalue weighted by molar-refractivity contribution is -0.284. The van der Waals surface area contributed by atoms with Gasteiger partial charge in [-0.2, -0.15) is 27.2 Å². The third kappa shape index (κ3) is 10.6. The molecular weight excluding hydrogens is 599 g/mol. The summed E-state index contributed by atoms with van der Waals surface area (Å²) < 4.78 is 87.0. The van der Waals surface area contributed by atoms with Crippen molar-refractivity contribution in [2.75, 3.05) is 31.6 Å².